The average Bonchev–Trinajstić information content (AvgIpc) is 2.31. The number of hydrogen-bond donors (Lipinski definition) is 2. The van der Waals surface area contributed by atoms with E-state index >= 15 is 0 Å². The first-order valence-corrected chi connectivity index (χ1v) is 7.60. The summed E-state index contributed by atoms with van der Waals surface area (Å²) >= 11 is 8.52. The molecule has 0 amide bonds. The van der Waals surface area contributed by atoms with Gasteiger partial charge >= 0.3 is 0 Å². The largest absolute Gasteiger partial charge is 0.389 e. The van der Waals surface area contributed by atoms with Crippen LogP contribution in [-0.2, 0) is 0 Å². The lowest BCUT2D eigenvalue weighted by molar-refractivity contribution is 0.615. The molecule has 0 saturated heterocycles. The van der Waals surface area contributed by atoms with Crippen LogP contribution in [0.4, 0.5) is 5.69 Å². The fourth-order valence-corrected chi connectivity index (χ4v) is 2.41. The molecular formula is C14H21BrN2S. The molecule has 1 aromatic rings. The monoisotopic (exact) mass is 328 g/mol. The summed E-state index contributed by atoms with van der Waals surface area (Å²) in [6.45, 7) is 4.42. The zero-order valence-corrected chi connectivity index (χ0v) is 13.4. The first-order valence-electron chi connectivity index (χ1n) is 6.40. The van der Waals surface area contributed by atoms with Gasteiger partial charge in [-0.2, -0.15) is 0 Å². The van der Waals surface area contributed by atoms with Crippen molar-refractivity contribution in [2.45, 2.75) is 45.6 Å². The van der Waals surface area contributed by atoms with E-state index in [1.807, 2.05) is 18.2 Å². The Bertz CT molecular complexity index is 407. The minimum absolute atomic E-state index is 0.430. The molecule has 0 aliphatic carbocycles. The van der Waals surface area contributed by atoms with Crippen LogP contribution in [0.1, 0.15) is 45.1 Å². The van der Waals surface area contributed by atoms with Crippen LogP contribution in [0.3, 0.4) is 0 Å². The molecule has 1 unspecified atom stereocenters. The van der Waals surface area contributed by atoms with E-state index in [1.165, 1.54) is 25.7 Å². The minimum Gasteiger partial charge on any atom is -0.389 e. The molecule has 1 atom stereocenters. The highest BCUT2D eigenvalue weighted by Gasteiger charge is 2.08. The van der Waals surface area contributed by atoms with E-state index in [9.17, 15) is 0 Å². The molecule has 0 aliphatic heterocycles. The second-order valence-electron chi connectivity index (χ2n) is 4.60. The predicted molar refractivity (Wildman–Crippen MR) is 87.3 cm³/mol. The molecular weight excluding hydrogens is 308 g/mol. The minimum atomic E-state index is 0.430. The molecule has 4 heteroatoms. The van der Waals surface area contributed by atoms with Gasteiger partial charge in [0.1, 0.15) is 4.99 Å². The van der Waals surface area contributed by atoms with E-state index in [0.717, 1.165) is 15.7 Å². The van der Waals surface area contributed by atoms with Gasteiger partial charge in [-0.1, -0.05) is 54.3 Å². The van der Waals surface area contributed by atoms with Gasteiger partial charge in [-0.15, -0.1) is 0 Å². The van der Waals surface area contributed by atoms with Gasteiger partial charge in [0.15, 0.2) is 0 Å². The van der Waals surface area contributed by atoms with Crippen molar-refractivity contribution in [3.8, 4) is 0 Å². The van der Waals surface area contributed by atoms with Gasteiger partial charge in [0.25, 0.3) is 0 Å². The van der Waals surface area contributed by atoms with Crippen molar-refractivity contribution in [1.82, 2.24) is 0 Å². The van der Waals surface area contributed by atoms with Gasteiger partial charge in [-0.3, -0.25) is 0 Å². The van der Waals surface area contributed by atoms with Crippen LogP contribution >= 0.6 is 28.1 Å². The van der Waals surface area contributed by atoms with Crippen molar-refractivity contribution in [1.29, 1.82) is 0 Å². The normalized spacial score (nSPS) is 12.2. The lowest BCUT2D eigenvalue weighted by atomic mass is 10.1. The van der Waals surface area contributed by atoms with Gasteiger partial charge in [0, 0.05) is 21.8 Å². The Kier molecular flexibility index (Phi) is 6.65. The van der Waals surface area contributed by atoms with E-state index in [-0.39, 0.29) is 0 Å². The van der Waals surface area contributed by atoms with E-state index in [0.29, 0.717) is 11.0 Å². The highest BCUT2D eigenvalue weighted by atomic mass is 79.9. The molecule has 0 radical (unpaired) electrons. The smallest absolute Gasteiger partial charge is 0.106 e. The molecule has 1 aromatic carbocycles. The zero-order valence-electron chi connectivity index (χ0n) is 11.0. The maximum Gasteiger partial charge on any atom is 0.106 e. The first-order chi connectivity index (χ1) is 8.54. The second kappa shape index (κ2) is 7.74. The Morgan fingerprint density at radius 2 is 2.17 bits per heavy atom. The Hall–Kier alpha value is -0.610. The van der Waals surface area contributed by atoms with Crippen LogP contribution in [0.2, 0.25) is 0 Å². The van der Waals surface area contributed by atoms with Crippen molar-refractivity contribution in [2.24, 2.45) is 5.73 Å². The Morgan fingerprint density at radius 1 is 1.44 bits per heavy atom. The number of nitrogens with one attached hydrogen (secondary N) is 1. The van der Waals surface area contributed by atoms with Crippen LogP contribution < -0.4 is 11.1 Å². The summed E-state index contributed by atoms with van der Waals surface area (Å²) in [5.74, 6) is 0. The van der Waals surface area contributed by atoms with E-state index < -0.39 is 0 Å². The third kappa shape index (κ3) is 4.94. The molecule has 100 valence electrons. The van der Waals surface area contributed by atoms with Crippen molar-refractivity contribution >= 4 is 38.8 Å². The highest BCUT2D eigenvalue weighted by molar-refractivity contribution is 9.10. The van der Waals surface area contributed by atoms with Gasteiger partial charge in [0.05, 0.1) is 0 Å². The molecule has 0 aromatic heterocycles. The van der Waals surface area contributed by atoms with Crippen molar-refractivity contribution < 1.29 is 0 Å². The number of thiocarbonyl (C=S) groups is 1. The Morgan fingerprint density at radius 3 is 2.78 bits per heavy atom. The summed E-state index contributed by atoms with van der Waals surface area (Å²) in [5, 5.41) is 3.49. The maximum atomic E-state index is 5.75. The molecule has 0 bridgehead atoms. The third-order valence-corrected chi connectivity index (χ3v) is 3.60. The number of anilines is 1. The summed E-state index contributed by atoms with van der Waals surface area (Å²) in [4.78, 5) is 0.430. The average molecular weight is 329 g/mol. The number of halogens is 1. The van der Waals surface area contributed by atoms with Gasteiger partial charge in [-0.05, 0) is 31.5 Å². The number of hydrogen-bond acceptors (Lipinski definition) is 2. The zero-order chi connectivity index (χ0) is 13.5. The first kappa shape index (κ1) is 15.4. The van der Waals surface area contributed by atoms with Crippen LogP contribution in [0.25, 0.3) is 0 Å². The summed E-state index contributed by atoms with van der Waals surface area (Å²) in [6.07, 6.45) is 4.96. The predicted octanol–water partition coefficient (Wildman–Crippen LogP) is 4.46. The van der Waals surface area contributed by atoms with E-state index in [2.05, 4.69) is 35.1 Å². The summed E-state index contributed by atoms with van der Waals surface area (Å²) in [7, 11) is 0. The topological polar surface area (TPSA) is 38.0 Å². The number of unbranched alkanes of at least 4 members (excludes halogenated alkanes) is 2. The highest BCUT2D eigenvalue weighted by Crippen LogP contribution is 2.22. The number of benzene rings is 1. The second-order valence-corrected chi connectivity index (χ2v) is 5.95. The van der Waals surface area contributed by atoms with Gasteiger partial charge in [0.2, 0.25) is 0 Å². The third-order valence-electron chi connectivity index (χ3n) is 2.89. The van der Waals surface area contributed by atoms with Crippen molar-refractivity contribution in [3.05, 3.63) is 28.2 Å². The van der Waals surface area contributed by atoms with E-state index in [1.54, 1.807) is 0 Å². The number of nitrogens with two attached hydrogens (primary N) is 1. The molecule has 0 aliphatic rings. The van der Waals surface area contributed by atoms with Gasteiger partial charge < -0.3 is 11.1 Å². The Balaban J connectivity index is 2.68. The number of rotatable bonds is 7. The molecule has 0 heterocycles. The maximum absolute atomic E-state index is 5.75. The summed E-state index contributed by atoms with van der Waals surface area (Å²) in [6, 6.07) is 6.42. The molecule has 0 fully saturated rings. The summed E-state index contributed by atoms with van der Waals surface area (Å²) in [5.41, 5.74) is 7.68. The molecule has 1 rings (SSSR count). The molecule has 0 spiro atoms. The summed E-state index contributed by atoms with van der Waals surface area (Å²) < 4.78 is 0.995. The van der Waals surface area contributed by atoms with Crippen LogP contribution in [0.5, 0.6) is 0 Å². The van der Waals surface area contributed by atoms with Crippen molar-refractivity contribution in [2.75, 3.05) is 5.32 Å². The lowest BCUT2D eigenvalue weighted by Gasteiger charge is -2.18. The standard InChI is InChI=1S/C14H21BrN2S/c1-3-4-5-6-10(2)17-13-8-7-11(15)9-12(13)14(16)18/h7-10,17H,3-6H2,1-2H3,(H2,16,18). The molecule has 18 heavy (non-hydrogen) atoms. The fourth-order valence-electron chi connectivity index (χ4n) is 1.88. The fraction of sp³-hybridized carbons (Fsp3) is 0.500. The van der Waals surface area contributed by atoms with Crippen LogP contribution in [0, 0.1) is 0 Å². The SMILES string of the molecule is CCCCCC(C)Nc1ccc(Br)cc1C(N)=S. The van der Waals surface area contributed by atoms with E-state index in [4.69, 9.17) is 18.0 Å². The molecule has 2 nitrogen and oxygen atoms in total. The molecule has 3 N–H and O–H groups in total. The Labute approximate surface area is 123 Å². The van der Waals surface area contributed by atoms with Gasteiger partial charge in [-0.25, -0.2) is 0 Å². The van der Waals surface area contributed by atoms with Crippen molar-refractivity contribution in [3.63, 3.8) is 0 Å². The lowest BCUT2D eigenvalue weighted by Crippen LogP contribution is -2.19. The van der Waals surface area contributed by atoms with Crippen LogP contribution in [-0.4, -0.2) is 11.0 Å². The van der Waals surface area contributed by atoms with Crippen LogP contribution in [0.15, 0.2) is 22.7 Å². The quantitative estimate of drug-likeness (QED) is 0.573. The molecule has 0 saturated carbocycles.